The Morgan fingerprint density at radius 1 is 1.41 bits per heavy atom. The van der Waals surface area contributed by atoms with E-state index in [2.05, 4.69) is 20.5 Å². The SMILES string of the molecule is CCC(CCO)NC(=O)NCc1ccc(N2CCCC2)nc1. The number of carbonyl (C=O) groups excluding carboxylic acids is 1. The summed E-state index contributed by atoms with van der Waals surface area (Å²) in [6.45, 7) is 4.68. The highest BCUT2D eigenvalue weighted by molar-refractivity contribution is 5.74. The van der Waals surface area contributed by atoms with E-state index >= 15 is 0 Å². The number of hydrogen-bond acceptors (Lipinski definition) is 4. The van der Waals surface area contributed by atoms with Crippen molar-refractivity contribution >= 4 is 11.8 Å². The van der Waals surface area contributed by atoms with Gasteiger partial charge in [-0.2, -0.15) is 0 Å². The number of urea groups is 1. The molecule has 3 N–H and O–H groups in total. The number of carbonyl (C=O) groups is 1. The summed E-state index contributed by atoms with van der Waals surface area (Å²) in [5, 5.41) is 14.6. The lowest BCUT2D eigenvalue weighted by Crippen LogP contribution is -2.41. The van der Waals surface area contributed by atoms with Crippen molar-refractivity contribution in [2.45, 2.75) is 45.2 Å². The quantitative estimate of drug-likeness (QED) is 0.716. The van der Waals surface area contributed by atoms with Crippen molar-refractivity contribution in [2.75, 3.05) is 24.6 Å². The summed E-state index contributed by atoms with van der Waals surface area (Å²) < 4.78 is 0. The maximum Gasteiger partial charge on any atom is 0.315 e. The van der Waals surface area contributed by atoms with Crippen LogP contribution in [0.4, 0.5) is 10.6 Å². The van der Waals surface area contributed by atoms with Crippen LogP contribution in [0.25, 0.3) is 0 Å². The fourth-order valence-electron chi connectivity index (χ4n) is 2.61. The van der Waals surface area contributed by atoms with Gasteiger partial charge in [-0.3, -0.25) is 0 Å². The van der Waals surface area contributed by atoms with Crippen LogP contribution in [0.3, 0.4) is 0 Å². The lowest BCUT2D eigenvalue weighted by molar-refractivity contribution is 0.227. The minimum absolute atomic E-state index is 0.0145. The van der Waals surface area contributed by atoms with E-state index in [-0.39, 0.29) is 18.7 Å². The number of aromatic nitrogens is 1. The summed E-state index contributed by atoms with van der Waals surface area (Å²) in [7, 11) is 0. The second-order valence-electron chi connectivity index (χ2n) is 5.66. The topological polar surface area (TPSA) is 77.5 Å². The van der Waals surface area contributed by atoms with Gasteiger partial charge in [-0.1, -0.05) is 13.0 Å². The number of anilines is 1. The molecular weight excluding hydrogens is 280 g/mol. The van der Waals surface area contributed by atoms with Crippen LogP contribution in [-0.2, 0) is 6.54 Å². The first-order chi connectivity index (χ1) is 10.7. The second-order valence-corrected chi connectivity index (χ2v) is 5.66. The van der Waals surface area contributed by atoms with Crippen LogP contribution < -0.4 is 15.5 Å². The molecule has 0 radical (unpaired) electrons. The normalized spacial score (nSPS) is 15.6. The Morgan fingerprint density at radius 3 is 2.77 bits per heavy atom. The van der Waals surface area contributed by atoms with E-state index < -0.39 is 0 Å². The third kappa shape index (κ3) is 4.87. The molecule has 22 heavy (non-hydrogen) atoms. The van der Waals surface area contributed by atoms with Crippen LogP contribution in [0.2, 0.25) is 0 Å². The number of nitrogens with zero attached hydrogens (tertiary/aromatic N) is 2. The average molecular weight is 306 g/mol. The zero-order valence-corrected chi connectivity index (χ0v) is 13.2. The Kier molecular flexibility index (Phi) is 6.45. The summed E-state index contributed by atoms with van der Waals surface area (Å²) in [4.78, 5) is 18.6. The van der Waals surface area contributed by atoms with Crippen molar-refractivity contribution in [3.8, 4) is 0 Å². The Balaban J connectivity index is 1.77. The van der Waals surface area contributed by atoms with E-state index in [1.54, 1.807) is 0 Å². The fourth-order valence-corrected chi connectivity index (χ4v) is 2.61. The van der Waals surface area contributed by atoms with Gasteiger partial charge in [0.25, 0.3) is 0 Å². The van der Waals surface area contributed by atoms with Gasteiger partial charge >= 0.3 is 6.03 Å². The molecule has 1 unspecified atom stereocenters. The Labute approximate surface area is 131 Å². The number of amides is 2. The molecule has 122 valence electrons. The molecule has 1 aromatic heterocycles. The van der Waals surface area contributed by atoms with Gasteiger partial charge in [-0.25, -0.2) is 9.78 Å². The van der Waals surface area contributed by atoms with Crippen LogP contribution in [-0.4, -0.2) is 41.9 Å². The second kappa shape index (κ2) is 8.58. The van der Waals surface area contributed by atoms with Gasteiger partial charge < -0.3 is 20.6 Å². The molecule has 0 aliphatic carbocycles. The first-order valence-corrected chi connectivity index (χ1v) is 8.08. The lowest BCUT2D eigenvalue weighted by Gasteiger charge is -2.17. The smallest absolute Gasteiger partial charge is 0.315 e. The van der Waals surface area contributed by atoms with Crippen molar-refractivity contribution in [3.05, 3.63) is 23.9 Å². The number of nitrogens with one attached hydrogen (secondary N) is 2. The molecule has 1 aliphatic heterocycles. The molecule has 1 aromatic rings. The molecule has 2 amide bonds. The molecule has 1 saturated heterocycles. The Bertz CT molecular complexity index is 458. The molecule has 0 saturated carbocycles. The monoisotopic (exact) mass is 306 g/mol. The summed E-state index contributed by atoms with van der Waals surface area (Å²) >= 11 is 0. The van der Waals surface area contributed by atoms with Gasteiger partial charge in [0.2, 0.25) is 0 Å². The van der Waals surface area contributed by atoms with Crippen molar-refractivity contribution < 1.29 is 9.90 Å². The molecule has 6 nitrogen and oxygen atoms in total. The first-order valence-electron chi connectivity index (χ1n) is 8.08. The van der Waals surface area contributed by atoms with Crippen LogP contribution in [0.1, 0.15) is 38.2 Å². The molecule has 1 fully saturated rings. The third-order valence-electron chi connectivity index (χ3n) is 4.00. The van der Waals surface area contributed by atoms with Gasteiger partial charge in [0, 0.05) is 38.5 Å². The minimum atomic E-state index is -0.205. The van der Waals surface area contributed by atoms with Gasteiger partial charge in [0.1, 0.15) is 5.82 Å². The average Bonchev–Trinajstić information content (AvgIpc) is 3.07. The molecular formula is C16H26N4O2. The molecule has 1 aliphatic rings. The largest absolute Gasteiger partial charge is 0.396 e. The zero-order chi connectivity index (χ0) is 15.8. The number of hydrogen-bond donors (Lipinski definition) is 3. The standard InChI is InChI=1S/C16H26N4O2/c1-2-14(7-10-21)19-16(22)18-12-13-5-6-15(17-11-13)20-8-3-4-9-20/h5-6,11,14,21H,2-4,7-10,12H2,1H3,(H2,18,19,22). The first kappa shape index (κ1) is 16.5. The van der Waals surface area contributed by atoms with Gasteiger partial charge in [-0.15, -0.1) is 0 Å². The van der Waals surface area contributed by atoms with Crippen molar-refractivity contribution in [3.63, 3.8) is 0 Å². The molecule has 2 rings (SSSR count). The molecule has 0 aromatic carbocycles. The summed E-state index contributed by atoms with van der Waals surface area (Å²) in [5.41, 5.74) is 0.980. The van der Waals surface area contributed by atoms with E-state index in [9.17, 15) is 4.79 Å². The predicted octanol–water partition coefficient (Wildman–Crippen LogP) is 1.64. The highest BCUT2D eigenvalue weighted by Gasteiger charge is 2.13. The maximum atomic E-state index is 11.8. The Hall–Kier alpha value is -1.82. The van der Waals surface area contributed by atoms with Crippen LogP contribution in [0.5, 0.6) is 0 Å². The third-order valence-corrected chi connectivity index (χ3v) is 4.00. The summed E-state index contributed by atoms with van der Waals surface area (Å²) in [5.74, 6) is 1.01. The van der Waals surface area contributed by atoms with E-state index in [0.717, 1.165) is 30.9 Å². The van der Waals surface area contributed by atoms with Crippen LogP contribution in [0, 0.1) is 0 Å². The highest BCUT2D eigenvalue weighted by atomic mass is 16.3. The van der Waals surface area contributed by atoms with E-state index in [1.807, 2.05) is 25.3 Å². The Morgan fingerprint density at radius 2 is 2.18 bits per heavy atom. The van der Waals surface area contributed by atoms with Crippen LogP contribution >= 0.6 is 0 Å². The highest BCUT2D eigenvalue weighted by Crippen LogP contribution is 2.17. The molecule has 0 spiro atoms. The van der Waals surface area contributed by atoms with Crippen molar-refractivity contribution in [2.24, 2.45) is 0 Å². The summed E-state index contributed by atoms with van der Waals surface area (Å²) in [6, 6.07) is 3.83. The van der Waals surface area contributed by atoms with Crippen molar-refractivity contribution in [1.29, 1.82) is 0 Å². The zero-order valence-electron chi connectivity index (χ0n) is 13.2. The predicted molar refractivity (Wildman–Crippen MR) is 86.8 cm³/mol. The fraction of sp³-hybridized carbons (Fsp3) is 0.625. The number of aliphatic hydroxyl groups is 1. The van der Waals surface area contributed by atoms with Crippen LogP contribution in [0.15, 0.2) is 18.3 Å². The molecule has 2 heterocycles. The summed E-state index contributed by atoms with van der Waals surface area (Å²) in [6.07, 6.45) is 5.67. The van der Waals surface area contributed by atoms with Crippen molar-refractivity contribution in [1.82, 2.24) is 15.6 Å². The molecule has 1 atom stereocenters. The van der Waals surface area contributed by atoms with E-state index in [4.69, 9.17) is 5.11 Å². The van der Waals surface area contributed by atoms with Gasteiger partial charge in [0.05, 0.1) is 0 Å². The van der Waals surface area contributed by atoms with E-state index in [1.165, 1.54) is 12.8 Å². The maximum absolute atomic E-state index is 11.8. The lowest BCUT2D eigenvalue weighted by atomic mass is 10.2. The number of pyridine rings is 1. The van der Waals surface area contributed by atoms with Gasteiger partial charge in [-0.05, 0) is 37.3 Å². The minimum Gasteiger partial charge on any atom is -0.396 e. The molecule has 0 bridgehead atoms. The number of rotatable bonds is 7. The van der Waals surface area contributed by atoms with Gasteiger partial charge in [0.15, 0.2) is 0 Å². The number of aliphatic hydroxyl groups excluding tert-OH is 1. The molecule has 6 heteroatoms. The van der Waals surface area contributed by atoms with E-state index in [0.29, 0.717) is 13.0 Å².